The molecule has 0 saturated carbocycles. The van der Waals surface area contributed by atoms with E-state index in [9.17, 15) is 24.3 Å². The molecule has 5 rings (SSSR count). The van der Waals surface area contributed by atoms with E-state index in [4.69, 9.17) is 34.8 Å². The van der Waals surface area contributed by atoms with Crippen molar-refractivity contribution in [3.8, 4) is 23.1 Å². The summed E-state index contributed by atoms with van der Waals surface area (Å²) in [6.45, 7) is 13.6. The van der Waals surface area contributed by atoms with Gasteiger partial charge in [-0.2, -0.15) is 5.26 Å². The van der Waals surface area contributed by atoms with Gasteiger partial charge in [0.25, 0.3) is 5.56 Å². The molecule has 1 aromatic carbocycles. The molecule has 14 heteroatoms. The molecule has 0 spiro atoms. The average molecular weight is 718 g/mol. The number of anilines is 1. The minimum Gasteiger partial charge on any atom is -0.505 e. The quantitative estimate of drug-likeness (QED) is 0.169. The van der Waals surface area contributed by atoms with Crippen molar-refractivity contribution in [3.05, 3.63) is 79.2 Å². The number of amides is 1. The van der Waals surface area contributed by atoms with E-state index in [0.717, 1.165) is 0 Å². The molecule has 4 heterocycles. The first-order valence-corrected chi connectivity index (χ1v) is 16.3. The number of hydrogen-bond donors (Lipinski definition) is 1. The van der Waals surface area contributed by atoms with Crippen LogP contribution in [0.4, 0.5) is 14.5 Å². The molecule has 9 nitrogen and oxygen atoms in total. The lowest BCUT2D eigenvalue weighted by Crippen LogP contribution is -2.58. The van der Waals surface area contributed by atoms with Crippen LogP contribution in [-0.4, -0.2) is 68.6 Å². The van der Waals surface area contributed by atoms with Crippen LogP contribution in [0.2, 0.25) is 15.1 Å². The molecule has 1 saturated heterocycles. The number of hydrogen-bond acceptors (Lipinski definition) is 7. The molecular formula is C34H33Cl3F2N6O3. The number of benzene rings is 1. The molecule has 48 heavy (non-hydrogen) atoms. The number of nitriles is 1. The second kappa shape index (κ2) is 13.1. The van der Waals surface area contributed by atoms with E-state index >= 15 is 4.39 Å². The molecule has 2 aliphatic heterocycles. The number of rotatable bonds is 5. The summed E-state index contributed by atoms with van der Waals surface area (Å²) in [6, 6.07) is 2.48. The third-order valence-electron chi connectivity index (χ3n) is 8.88. The molecule has 2 aliphatic rings. The largest absolute Gasteiger partial charge is 0.505 e. The first kappa shape index (κ1) is 35.2. The predicted molar refractivity (Wildman–Crippen MR) is 185 cm³/mol. The topological polar surface area (TPSA) is 106 Å². The molecule has 0 radical (unpaired) electrons. The number of phenols is 1. The van der Waals surface area contributed by atoms with Crippen LogP contribution in [0.3, 0.4) is 0 Å². The summed E-state index contributed by atoms with van der Waals surface area (Å²) in [6.07, 6.45) is 4.95. The molecule has 1 fully saturated rings. The molecule has 1 N–H and O–H groups in total. The van der Waals surface area contributed by atoms with Crippen LogP contribution >= 0.6 is 34.8 Å². The Morgan fingerprint density at radius 3 is 2.35 bits per heavy atom. The third-order valence-corrected chi connectivity index (χ3v) is 9.89. The van der Waals surface area contributed by atoms with E-state index in [1.165, 1.54) is 16.7 Å². The van der Waals surface area contributed by atoms with Gasteiger partial charge in [-0.3, -0.25) is 14.2 Å². The molecule has 1 amide bonds. The van der Waals surface area contributed by atoms with Crippen molar-refractivity contribution < 1.29 is 18.7 Å². The van der Waals surface area contributed by atoms with E-state index < -0.39 is 38.6 Å². The number of piperazine rings is 1. The van der Waals surface area contributed by atoms with Crippen LogP contribution in [-0.2, 0) is 4.79 Å². The van der Waals surface area contributed by atoms with Crippen LogP contribution in [0.25, 0.3) is 28.0 Å². The van der Waals surface area contributed by atoms with Crippen LogP contribution in [0.15, 0.2) is 41.4 Å². The summed E-state index contributed by atoms with van der Waals surface area (Å²) < 4.78 is 31.7. The molecule has 2 aromatic heterocycles. The Hall–Kier alpha value is -4.11. The molecule has 0 bridgehead atoms. The molecule has 3 atom stereocenters. The first-order valence-electron chi connectivity index (χ1n) is 15.1. The minimum atomic E-state index is -1.56. The fourth-order valence-electron chi connectivity index (χ4n) is 6.90. The zero-order valence-corrected chi connectivity index (χ0v) is 29.3. The highest BCUT2D eigenvalue weighted by atomic mass is 35.5. The Labute approximate surface area is 291 Å². The lowest BCUT2D eigenvalue weighted by atomic mass is 9.93. The van der Waals surface area contributed by atoms with Gasteiger partial charge < -0.3 is 19.8 Å². The second-order valence-corrected chi connectivity index (χ2v) is 13.6. The standard InChI is InChI=1S/C34H33Cl3F2N6O3/c1-8-22(46)44-17(5)13-43(14-18(44)6)31-19-11-21(35)28(23-24(36)32(47)25(37)27(39)26(23)38)41-33(19)45(34(48)20(31)12-40)30-16(4)9-10-42(7)29(30)15(2)3/h8-11,15,17-18,29,47H,1,13-14H2,2-7H3/t17-,18+,29?. The fourth-order valence-corrected chi connectivity index (χ4v) is 7.64. The summed E-state index contributed by atoms with van der Waals surface area (Å²) in [5.74, 6) is -4.25. The van der Waals surface area contributed by atoms with Crippen molar-refractivity contribution >= 4 is 63.1 Å². The van der Waals surface area contributed by atoms with Gasteiger partial charge in [-0.15, -0.1) is 0 Å². The molecular weight excluding hydrogens is 685 g/mol. The number of aromatic nitrogens is 2. The zero-order chi connectivity index (χ0) is 35.5. The number of fused-ring (bicyclic) bond motifs is 1. The number of halogens is 5. The minimum absolute atomic E-state index is 0.00711. The summed E-state index contributed by atoms with van der Waals surface area (Å²) in [4.78, 5) is 37.5. The number of phenolic OH excluding ortho intramolecular Hbond substituents is 1. The molecule has 0 aliphatic carbocycles. The van der Waals surface area contributed by atoms with Gasteiger partial charge in [0, 0.05) is 37.6 Å². The van der Waals surface area contributed by atoms with Gasteiger partial charge in [-0.1, -0.05) is 55.2 Å². The number of nitrogens with zero attached hydrogens (tertiary/aromatic N) is 6. The van der Waals surface area contributed by atoms with Gasteiger partial charge in [0.2, 0.25) is 5.91 Å². The van der Waals surface area contributed by atoms with Gasteiger partial charge in [0.15, 0.2) is 17.4 Å². The van der Waals surface area contributed by atoms with Crippen LogP contribution in [0.5, 0.6) is 5.75 Å². The molecule has 1 unspecified atom stereocenters. The van der Waals surface area contributed by atoms with Gasteiger partial charge >= 0.3 is 0 Å². The van der Waals surface area contributed by atoms with Crippen LogP contribution in [0.1, 0.15) is 40.2 Å². The van der Waals surface area contributed by atoms with Gasteiger partial charge in [-0.25, -0.2) is 13.8 Å². The van der Waals surface area contributed by atoms with Crippen molar-refractivity contribution in [2.45, 2.75) is 52.7 Å². The van der Waals surface area contributed by atoms with E-state index in [1.807, 2.05) is 63.7 Å². The fraction of sp³-hybridized carbons (Fsp3) is 0.353. The average Bonchev–Trinajstić information content (AvgIpc) is 3.03. The van der Waals surface area contributed by atoms with E-state index in [1.54, 1.807) is 4.90 Å². The van der Waals surface area contributed by atoms with Crippen molar-refractivity contribution in [1.29, 1.82) is 5.26 Å². The Kier molecular flexibility index (Phi) is 9.58. The summed E-state index contributed by atoms with van der Waals surface area (Å²) in [7, 11) is 1.86. The SMILES string of the molecule is C=CC(=O)N1[C@H](C)CN(c2c(C#N)c(=O)n(C3=C(C)C=CN(C)C3C(C)C)c3nc(-c4c(F)c(F)c(Cl)c(O)c4Cl)c(Cl)cc23)C[C@@H]1C. The summed E-state index contributed by atoms with van der Waals surface area (Å²) in [5.41, 5.74) is -0.428. The van der Waals surface area contributed by atoms with E-state index in [2.05, 4.69) is 17.6 Å². The smallest absolute Gasteiger partial charge is 0.276 e. The maximum absolute atomic E-state index is 15.6. The highest BCUT2D eigenvalue weighted by molar-refractivity contribution is 6.40. The van der Waals surface area contributed by atoms with E-state index in [0.29, 0.717) is 11.3 Å². The molecule has 252 valence electrons. The third kappa shape index (κ3) is 5.50. The Morgan fingerprint density at radius 2 is 1.79 bits per heavy atom. The maximum Gasteiger partial charge on any atom is 0.276 e. The number of likely N-dealkylation sites (N-methyl/N-ethyl adjacent to an activating group) is 1. The molecule has 3 aromatic rings. The zero-order valence-electron chi connectivity index (χ0n) is 27.1. The van der Waals surface area contributed by atoms with Crippen LogP contribution in [0, 0.1) is 28.9 Å². The van der Waals surface area contributed by atoms with Crippen molar-refractivity contribution in [3.63, 3.8) is 0 Å². The predicted octanol–water partition coefficient (Wildman–Crippen LogP) is 7.21. The number of pyridine rings is 2. The van der Waals surface area contributed by atoms with Gasteiger partial charge in [-0.05, 0) is 56.7 Å². The monoisotopic (exact) mass is 716 g/mol. The maximum atomic E-state index is 15.6. The highest BCUT2D eigenvalue weighted by Gasteiger charge is 2.37. The Bertz CT molecular complexity index is 2010. The highest BCUT2D eigenvalue weighted by Crippen LogP contribution is 2.46. The van der Waals surface area contributed by atoms with Crippen molar-refractivity contribution in [1.82, 2.24) is 19.4 Å². The second-order valence-electron chi connectivity index (χ2n) is 12.4. The number of carbonyl (C=O) groups excluding carboxylic acids is 1. The number of aromatic hydroxyl groups is 1. The lowest BCUT2D eigenvalue weighted by molar-refractivity contribution is -0.130. The van der Waals surface area contributed by atoms with Crippen LogP contribution < -0.4 is 10.5 Å². The Balaban J connectivity index is 1.94. The van der Waals surface area contributed by atoms with Crippen molar-refractivity contribution in [2.75, 3.05) is 25.0 Å². The number of allylic oxidation sites excluding steroid dienone is 2. The number of carbonyl (C=O) groups is 1. The van der Waals surface area contributed by atoms with E-state index in [-0.39, 0.29) is 76.0 Å². The van der Waals surface area contributed by atoms with Gasteiger partial charge in [0.05, 0.1) is 38.7 Å². The normalized spacial score (nSPS) is 19.8. The lowest BCUT2D eigenvalue weighted by Gasteiger charge is -2.45. The Morgan fingerprint density at radius 1 is 1.17 bits per heavy atom. The van der Waals surface area contributed by atoms with Gasteiger partial charge in [0.1, 0.15) is 22.3 Å². The summed E-state index contributed by atoms with van der Waals surface area (Å²) in [5, 5.41) is 19.5. The van der Waals surface area contributed by atoms with Crippen molar-refractivity contribution in [2.24, 2.45) is 5.92 Å². The first-order chi connectivity index (χ1) is 22.6. The summed E-state index contributed by atoms with van der Waals surface area (Å²) >= 11 is 18.9.